The Morgan fingerprint density at radius 3 is 2.62 bits per heavy atom. The summed E-state index contributed by atoms with van der Waals surface area (Å²) in [5.41, 5.74) is 0. The maximum absolute atomic E-state index is 10.5. The Balaban J connectivity index is 3.13. The zero-order chi connectivity index (χ0) is 10.0. The molecule has 0 radical (unpaired) electrons. The third-order valence-electron chi connectivity index (χ3n) is 1.41. The number of rotatable bonds is 2. The summed E-state index contributed by atoms with van der Waals surface area (Å²) in [7, 11) is 3.56. The molecule has 0 aliphatic carbocycles. The van der Waals surface area contributed by atoms with E-state index in [1.807, 2.05) is 0 Å². The second kappa shape index (κ2) is 4.04. The summed E-state index contributed by atoms with van der Waals surface area (Å²) in [5.74, 6) is 0.552. The molecule has 0 N–H and O–H groups in total. The molecule has 0 amide bonds. The van der Waals surface area contributed by atoms with Crippen molar-refractivity contribution in [2.45, 2.75) is 4.90 Å². The topological polar surface area (TPSA) is 56.3 Å². The van der Waals surface area contributed by atoms with Gasteiger partial charge in [0.2, 0.25) is 0 Å². The third kappa shape index (κ3) is 2.40. The van der Waals surface area contributed by atoms with E-state index in [1.165, 1.54) is 12.3 Å². The number of hydrogen-bond acceptors (Lipinski definition) is 4. The maximum atomic E-state index is 10.5. The van der Waals surface area contributed by atoms with Crippen molar-refractivity contribution in [1.82, 2.24) is 4.98 Å². The van der Waals surface area contributed by atoms with E-state index in [0.717, 1.165) is 0 Å². The Morgan fingerprint density at radius 1 is 1.62 bits per heavy atom. The van der Waals surface area contributed by atoms with Crippen LogP contribution in [0, 0.1) is 0 Å². The van der Waals surface area contributed by atoms with Crippen LogP contribution in [0.3, 0.4) is 0 Å². The number of halogens is 1. The highest BCUT2D eigenvalue weighted by Gasteiger charge is 2.05. The van der Waals surface area contributed by atoms with E-state index in [4.69, 9.17) is 11.6 Å². The van der Waals surface area contributed by atoms with Crippen LogP contribution >= 0.6 is 11.6 Å². The van der Waals surface area contributed by atoms with Gasteiger partial charge in [0, 0.05) is 25.2 Å². The van der Waals surface area contributed by atoms with Crippen LogP contribution in [-0.2, 0) is 11.1 Å². The summed E-state index contributed by atoms with van der Waals surface area (Å²) in [6.07, 6.45) is 1.27. The Morgan fingerprint density at radius 2 is 2.23 bits per heavy atom. The fraction of sp³-hybridized carbons (Fsp3) is 0.286. The lowest BCUT2D eigenvalue weighted by Gasteiger charge is -2.14. The Hall–Kier alpha value is -0.650. The summed E-state index contributed by atoms with van der Waals surface area (Å²) in [6, 6.07) is 1.37. The van der Waals surface area contributed by atoms with E-state index >= 15 is 0 Å². The van der Waals surface area contributed by atoms with Crippen molar-refractivity contribution in [2.75, 3.05) is 19.0 Å². The first-order valence-electron chi connectivity index (χ1n) is 3.44. The van der Waals surface area contributed by atoms with Crippen LogP contribution in [-0.4, -0.2) is 27.8 Å². The molecule has 13 heavy (non-hydrogen) atoms. The summed E-state index contributed by atoms with van der Waals surface area (Å²) >= 11 is 3.51. The van der Waals surface area contributed by atoms with Gasteiger partial charge in [-0.05, 0) is 17.1 Å². The van der Waals surface area contributed by atoms with Gasteiger partial charge in [0.1, 0.15) is 5.82 Å². The van der Waals surface area contributed by atoms with Crippen molar-refractivity contribution in [3.05, 3.63) is 17.3 Å². The van der Waals surface area contributed by atoms with Gasteiger partial charge < -0.3 is 9.45 Å². The molecule has 0 aromatic carbocycles. The number of pyridine rings is 1. The molecule has 0 spiro atoms. The first-order chi connectivity index (χ1) is 6.02. The van der Waals surface area contributed by atoms with Gasteiger partial charge in [0.15, 0.2) is 0 Å². The highest BCUT2D eigenvalue weighted by atomic mass is 35.5. The SMILES string of the molecule is CN(C)c1ncc(S(=O)[O-])cc1Cl. The number of nitrogens with zero attached hydrogens (tertiary/aromatic N) is 2. The molecule has 1 atom stereocenters. The summed E-state index contributed by atoms with van der Waals surface area (Å²) in [5, 5.41) is 0.326. The van der Waals surface area contributed by atoms with Gasteiger partial charge in [-0.25, -0.2) is 4.98 Å². The highest BCUT2D eigenvalue weighted by molar-refractivity contribution is 7.79. The van der Waals surface area contributed by atoms with E-state index in [9.17, 15) is 8.76 Å². The largest absolute Gasteiger partial charge is 0.768 e. The zero-order valence-corrected chi connectivity index (χ0v) is 8.72. The average molecular weight is 220 g/mol. The van der Waals surface area contributed by atoms with Crippen LogP contribution in [0.15, 0.2) is 17.2 Å². The highest BCUT2D eigenvalue weighted by Crippen LogP contribution is 2.22. The van der Waals surface area contributed by atoms with Crippen molar-refractivity contribution < 1.29 is 8.76 Å². The Bertz CT molecular complexity index is 343. The van der Waals surface area contributed by atoms with Crippen molar-refractivity contribution in [3.8, 4) is 0 Å². The summed E-state index contributed by atoms with van der Waals surface area (Å²) < 4.78 is 21.0. The van der Waals surface area contributed by atoms with Crippen LogP contribution in [0.5, 0.6) is 0 Å². The Labute approximate surface area is 83.8 Å². The molecule has 4 nitrogen and oxygen atoms in total. The molecule has 0 aliphatic rings. The predicted octanol–water partition coefficient (Wildman–Crippen LogP) is 1.04. The van der Waals surface area contributed by atoms with Gasteiger partial charge in [0.05, 0.1) is 5.02 Å². The number of hydrogen-bond donors (Lipinski definition) is 0. The molecule has 1 aromatic rings. The molecular weight excluding hydrogens is 212 g/mol. The lowest BCUT2D eigenvalue weighted by atomic mass is 10.4. The van der Waals surface area contributed by atoms with Gasteiger partial charge in [-0.1, -0.05) is 11.6 Å². The second-order valence-electron chi connectivity index (χ2n) is 2.61. The molecule has 0 saturated heterocycles. The lowest BCUT2D eigenvalue weighted by Crippen LogP contribution is -2.11. The minimum absolute atomic E-state index is 0.0931. The molecule has 1 aromatic heterocycles. The van der Waals surface area contributed by atoms with Crippen LogP contribution in [0.4, 0.5) is 5.82 Å². The quantitative estimate of drug-likeness (QED) is 0.698. The number of aromatic nitrogens is 1. The molecule has 0 bridgehead atoms. The van der Waals surface area contributed by atoms with Crippen molar-refractivity contribution in [1.29, 1.82) is 0 Å². The molecule has 1 heterocycles. The molecule has 1 unspecified atom stereocenters. The molecule has 0 saturated carbocycles. The molecular formula is C7H8ClN2O2S-. The first-order valence-corrected chi connectivity index (χ1v) is 4.90. The van der Waals surface area contributed by atoms with Crippen molar-refractivity contribution in [2.24, 2.45) is 0 Å². The van der Waals surface area contributed by atoms with E-state index in [-0.39, 0.29) is 4.90 Å². The minimum atomic E-state index is -2.28. The number of anilines is 1. The summed E-state index contributed by atoms with van der Waals surface area (Å²) in [6.45, 7) is 0. The minimum Gasteiger partial charge on any atom is -0.768 e. The summed E-state index contributed by atoms with van der Waals surface area (Å²) in [4.78, 5) is 5.70. The van der Waals surface area contributed by atoms with E-state index < -0.39 is 11.1 Å². The van der Waals surface area contributed by atoms with Gasteiger partial charge in [-0.15, -0.1) is 0 Å². The lowest BCUT2D eigenvalue weighted by molar-refractivity contribution is 0.536. The van der Waals surface area contributed by atoms with Crippen LogP contribution < -0.4 is 4.90 Å². The average Bonchev–Trinajstić information content (AvgIpc) is 2.03. The fourth-order valence-electron chi connectivity index (χ4n) is 0.833. The Kier molecular flexibility index (Phi) is 3.24. The normalized spacial score (nSPS) is 12.6. The fourth-order valence-corrected chi connectivity index (χ4v) is 1.59. The molecule has 0 aliphatic heterocycles. The smallest absolute Gasteiger partial charge is 0.146 e. The van der Waals surface area contributed by atoms with Gasteiger partial charge in [-0.2, -0.15) is 0 Å². The standard InChI is InChI=1S/C7H9ClN2O2S/c1-10(2)7-6(8)3-5(4-9-7)13(11)12/h3-4H,1-2H3,(H,11,12)/p-1. The van der Waals surface area contributed by atoms with Crippen LogP contribution in [0.2, 0.25) is 5.02 Å². The van der Waals surface area contributed by atoms with E-state index in [1.54, 1.807) is 19.0 Å². The molecule has 0 fully saturated rings. The van der Waals surface area contributed by atoms with Crippen molar-refractivity contribution >= 4 is 28.5 Å². The van der Waals surface area contributed by atoms with Crippen molar-refractivity contribution in [3.63, 3.8) is 0 Å². The van der Waals surface area contributed by atoms with E-state index in [0.29, 0.717) is 10.8 Å². The molecule has 72 valence electrons. The van der Waals surface area contributed by atoms with Gasteiger partial charge in [-0.3, -0.25) is 4.21 Å². The maximum Gasteiger partial charge on any atom is 0.146 e. The molecule has 6 heteroatoms. The van der Waals surface area contributed by atoms with Crippen LogP contribution in [0.1, 0.15) is 0 Å². The first kappa shape index (κ1) is 10.4. The predicted molar refractivity (Wildman–Crippen MR) is 50.8 cm³/mol. The third-order valence-corrected chi connectivity index (χ3v) is 2.30. The van der Waals surface area contributed by atoms with Gasteiger partial charge in [0.25, 0.3) is 0 Å². The zero-order valence-electron chi connectivity index (χ0n) is 7.15. The molecule has 1 rings (SSSR count). The monoisotopic (exact) mass is 219 g/mol. The van der Waals surface area contributed by atoms with E-state index in [2.05, 4.69) is 4.98 Å². The van der Waals surface area contributed by atoms with Crippen LogP contribution in [0.25, 0.3) is 0 Å². The second-order valence-corrected chi connectivity index (χ2v) is 3.95. The van der Waals surface area contributed by atoms with Gasteiger partial charge >= 0.3 is 0 Å².